The summed E-state index contributed by atoms with van der Waals surface area (Å²) in [5.74, 6) is 0. The van der Waals surface area contributed by atoms with Crippen molar-refractivity contribution in [3.8, 4) is 11.3 Å². The van der Waals surface area contributed by atoms with Crippen LogP contribution in [0.3, 0.4) is 0 Å². The molecule has 0 saturated carbocycles. The number of nitrogens with zero attached hydrogens (tertiary/aromatic N) is 3. The Morgan fingerprint density at radius 2 is 1.39 bits per heavy atom. The second-order valence-corrected chi connectivity index (χ2v) is 7.41. The molecule has 132 valence electrons. The first-order valence-electron chi connectivity index (χ1n) is 9.61. The van der Waals surface area contributed by atoms with E-state index in [0.29, 0.717) is 0 Å². The largest absolute Gasteiger partial charge is 0.421 e. The van der Waals surface area contributed by atoms with Crippen molar-refractivity contribution in [1.82, 2.24) is 4.98 Å². The van der Waals surface area contributed by atoms with Crippen LogP contribution in [0.4, 0.5) is 22.7 Å². The van der Waals surface area contributed by atoms with E-state index in [2.05, 4.69) is 101 Å². The van der Waals surface area contributed by atoms with Gasteiger partial charge in [0.1, 0.15) is 0 Å². The maximum absolute atomic E-state index is 4.83. The highest BCUT2D eigenvalue weighted by Gasteiger charge is 2.47. The minimum absolute atomic E-state index is 0.0760. The number of rotatable bonds is 1. The fourth-order valence-electron chi connectivity index (χ4n) is 4.54. The molecule has 0 amide bonds. The molecule has 0 spiro atoms. The zero-order valence-electron chi connectivity index (χ0n) is 15.6. The van der Waals surface area contributed by atoms with Crippen LogP contribution in [0.25, 0.3) is 11.3 Å². The Hall–Kier alpha value is -3.53. The van der Waals surface area contributed by atoms with E-state index >= 15 is 0 Å². The molecule has 0 fully saturated rings. The van der Waals surface area contributed by atoms with Crippen LogP contribution >= 0.6 is 0 Å². The van der Waals surface area contributed by atoms with Gasteiger partial charge >= 0.3 is 6.98 Å². The van der Waals surface area contributed by atoms with Crippen LogP contribution in [0.5, 0.6) is 0 Å². The van der Waals surface area contributed by atoms with Crippen LogP contribution in [0.15, 0.2) is 91.1 Å². The van der Waals surface area contributed by atoms with Gasteiger partial charge in [-0.1, -0.05) is 54.6 Å². The lowest BCUT2D eigenvalue weighted by molar-refractivity contribution is 1.23. The van der Waals surface area contributed by atoms with Gasteiger partial charge in [-0.3, -0.25) is 4.98 Å². The normalized spacial score (nSPS) is 13.7. The number of fused-ring (bicyclic) bond motifs is 8. The van der Waals surface area contributed by atoms with Crippen LogP contribution in [0.1, 0.15) is 5.56 Å². The minimum atomic E-state index is 0.0760. The Morgan fingerprint density at radius 3 is 2.21 bits per heavy atom. The molecule has 3 heterocycles. The number of hydrogen-bond acceptors (Lipinski definition) is 3. The molecular weight excluding hydrogens is 341 g/mol. The van der Waals surface area contributed by atoms with E-state index in [1.807, 2.05) is 6.20 Å². The van der Waals surface area contributed by atoms with Crippen LogP contribution in [0.2, 0.25) is 0 Å². The van der Waals surface area contributed by atoms with E-state index < -0.39 is 0 Å². The highest BCUT2D eigenvalue weighted by molar-refractivity contribution is 6.86. The Labute approximate surface area is 165 Å². The van der Waals surface area contributed by atoms with Crippen LogP contribution in [0, 0.1) is 6.92 Å². The molecule has 0 radical (unpaired) electrons. The third kappa shape index (κ3) is 2.03. The second-order valence-electron chi connectivity index (χ2n) is 7.41. The van der Waals surface area contributed by atoms with E-state index in [9.17, 15) is 0 Å². The van der Waals surface area contributed by atoms with Crippen molar-refractivity contribution in [3.05, 3.63) is 96.7 Å². The summed E-state index contributed by atoms with van der Waals surface area (Å²) in [6.07, 6.45) is 1.97. The van der Waals surface area contributed by atoms with E-state index in [1.54, 1.807) is 0 Å². The summed E-state index contributed by atoms with van der Waals surface area (Å²) in [7, 11) is 0. The zero-order valence-corrected chi connectivity index (χ0v) is 15.6. The van der Waals surface area contributed by atoms with Crippen LogP contribution < -0.4 is 15.1 Å². The van der Waals surface area contributed by atoms with Crippen LogP contribution in [-0.2, 0) is 0 Å². The predicted octanol–water partition coefficient (Wildman–Crippen LogP) is 5.06. The van der Waals surface area contributed by atoms with Gasteiger partial charge in [0.2, 0.25) is 0 Å². The van der Waals surface area contributed by atoms with Gasteiger partial charge in [-0.05, 0) is 48.3 Å². The molecule has 0 unspecified atom stereocenters. The molecule has 2 aliphatic heterocycles. The first-order valence-corrected chi connectivity index (χ1v) is 9.61. The quantitative estimate of drug-likeness (QED) is 0.443. The van der Waals surface area contributed by atoms with Gasteiger partial charge in [-0.2, -0.15) is 0 Å². The lowest BCUT2D eigenvalue weighted by atomic mass is 9.60. The molecular formula is C24H18BN3. The van der Waals surface area contributed by atoms with Crippen molar-refractivity contribution >= 4 is 35.2 Å². The Kier molecular flexibility index (Phi) is 3.18. The van der Waals surface area contributed by atoms with Gasteiger partial charge in [0.15, 0.2) is 0 Å². The number of aryl methyl sites for hydroxylation is 1. The van der Waals surface area contributed by atoms with Gasteiger partial charge < -0.3 is 9.62 Å². The van der Waals surface area contributed by atoms with Crippen LogP contribution in [-0.4, -0.2) is 12.0 Å². The van der Waals surface area contributed by atoms with E-state index in [4.69, 9.17) is 4.98 Å². The molecule has 1 aromatic heterocycles. The van der Waals surface area contributed by atoms with Crippen molar-refractivity contribution in [3.63, 3.8) is 0 Å². The Balaban J connectivity index is 1.70. The molecule has 3 aromatic carbocycles. The number of benzene rings is 3. The standard InChI is InChI=1S/C24H18BN3/c1-17-15-23-24(26-16-17)19-11-5-6-12-20(19)25-27(18-9-3-2-4-10-18)21-13-7-8-14-22(21)28(23)25/h2-16H,1H3. The average Bonchev–Trinajstić information content (AvgIpc) is 3.10. The third-order valence-electron chi connectivity index (χ3n) is 5.68. The molecule has 6 rings (SSSR count). The monoisotopic (exact) mass is 359 g/mol. The summed E-state index contributed by atoms with van der Waals surface area (Å²) < 4.78 is 0. The van der Waals surface area contributed by atoms with Gasteiger partial charge in [-0.15, -0.1) is 0 Å². The Bertz CT molecular complexity index is 1210. The highest BCUT2D eigenvalue weighted by Crippen LogP contribution is 2.50. The molecule has 0 saturated heterocycles. The van der Waals surface area contributed by atoms with Crippen molar-refractivity contribution in [2.24, 2.45) is 0 Å². The fraction of sp³-hybridized carbons (Fsp3) is 0.0417. The number of para-hydroxylation sites is 3. The average molecular weight is 359 g/mol. The van der Waals surface area contributed by atoms with Gasteiger partial charge in [0.05, 0.1) is 22.8 Å². The molecule has 3 nitrogen and oxygen atoms in total. The summed E-state index contributed by atoms with van der Waals surface area (Å²) in [6.45, 7) is 2.19. The maximum Gasteiger partial charge on any atom is 0.421 e. The van der Waals surface area contributed by atoms with E-state index in [1.165, 1.54) is 39.3 Å². The second kappa shape index (κ2) is 5.73. The molecule has 0 N–H and O–H groups in total. The first-order chi connectivity index (χ1) is 13.8. The summed E-state index contributed by atoms with van der Waals surface area (Å²) in [4.78, 5) is 9.72. The zero-order chi connectivity index (χ0) is 18.7. The van der Waals surface area contributed by atoms with Gasteiger partial charge in [0, 0.05) is 17.4 Å². The predicted molar refractivity (Wildman–Crippen MR) is 117 cm³/mol. The molecule has 28 heavy (non-hydrogen) atoms. The number of anilines is 4. The van der Waals surface area contributed by atoms with Gasteiger partial charge in [0.25, 0.3) is 0 Å². The fourth-order valence-corrected chi connectivity index (χ4v) is 4.54. The van der Waals surface area contributed by atoms with Crippen molar-refractivity contribution in [1.29, 1.82) is 0 Å². The Morgan fingerprint density at radius 1 is 0.714 bits per heavy atom. The van der Waals surface area contributed by atoms with E-state index in [-0.39, 0.29) is 6.98 Å². The number of hydrogen-bond donors (Lipinski definition) is 0. The van der Waals surface area contributed by atoms with Crippen molar-refractivity contribution in [2.75, 3.05) is 9.62 Å². The molecule has 4 aromatic rings. The minimum Gasteiger partial charge on any atom is -0.360 e. The molecule has 0 bridgehead atoms. The maximum atomic E-state index is 4.83. The topological polar surface area (TPSA) is 19.4 Å². The summed E-state index contributed by atoms with van der Waals surface area (Å²) >= 11 is 0. The summed E-state index contributed by atoms with van der Waals surface area (Å²) in [6, 6.07) is 30.2. The highest BCUT2D eigenvalue weighted by atomic mass is 15.3. The van der Waals surface area contributed by atoms with Crippen molar-refractivity contribution < 1.29 is 0 Å². The molecule has 0 aliphatic carbocycles. The molecule has 2 aliphatic rings. The molecule has 4 heteroatoms. The summed E-state index contributed by atoms with van der Waals surface area (Å²) in [5.41, 5.74) is 9.55. The SMILES string of the molecule is Cc1cnc2c(c1)N1B(c3ccccc3-2)N(c2ccccc2)c2ccccc21. The lowest BCUT2D eigenvalue weighted by Gasteiger charge is -2.36. The van der Waals surface area contributed by atoms with Crippen molar-refractivity contribution in [2.45, 2.75) is 6.92 Å². The molecule has 0 atom stereocenters. The smallest absolute Gasteiger partial charge is 0.360 e. The first kappa shape index (κ1) is 15.5. The third-order valence-corrected chi connectivity index (χ3v) is 5.68. The number of aromatic nitrogens is 1. The summed E-state index contributed by atoms with van der Waals surface area (Å²) in [5, 5.41) is 0. The van der Waals surface area contributed by atoms with E-state index in [0.717, 1.165) is 5.69 Å². The number of pyridine rings is 1. The van der Waals surface area contributed by atoms with Gasteiger partial charge in [-0.25, -0.2) is 0 Å². The lowest BCUT2D eigenvalue weighted by Crippen LogP contribution is -2.55.